The number of aromatic amines is 1. The van der Waals surface area contributed by atoms with E-state index >= 15 is 0 Å². The van der Waals surface area contributed by atoms with Gasteiger partial charge in [-0.15, -0.1) is 0 Å². The molecule has 0 saturated heterocycles. The van der Waals surface area contributed by atoms with E-state index in [1.165, 1.54) is 0 Å². The van der Waals surface area contributed by atoms with Gasteiger partial charge >= 0.3 is 4.87 Å². The minimum Gasteiger partial charge on any atom is -0.384 e. The molecule has 0 radical (unpaired) electrons. The number of anilines is 1. The molecule has 7 heteroatoms. The number of aliphatic imine (C=N–C) groups is 1. The van der Waals surface area contributed by atoms with E-state index in [1.54, 1.807) is 0 Å². The van der Waals surface area contributed by atoms with E-state index in [9.17, 15) is 4.79 Å². The number of hydrogen-bond acceptors (Lipinski definition) is 4. The van der Waals surface area contributed by atoms with Gasteiger partial charge in [0.15, 0.2) is 5.84 Å². The number of nitrogens with zero attached hydrogens (tertiary/aromatic N) is 1. The molecule has 3 rings (SSSR count). The van der Waals surface area contributed by atoms with Crippen molar-refractivity contribution in [1.82, 2.24) is 4.98 Å². The first-order chi connectivity index (χ1) is 8.56. The number of nitrogen functional groups attached to an aromatic ring is 1. The Bertz CT molecular complexity index is 759. The van der Waals surface area contributed by atoms with Crippen molar-refractivity contribution >= 4 is 44.6 Å². The molecule has 0 fully saturated rings. The Morgan fingerprint density at radius 1 is 1.39 bits per heavy atom. The van der Waals surface area contributed by atoms with E-state index < -0.39 is 0 Å². The third kappa shape index (κ3) is 1.63. The fourth-order valence-electron chi connectivity index (χ4n) is 1.84. The summed E-state index contributed by atoms with van der Waals surface area (Å²) in [5.41, 5.74) is 7.89. The van der Waals surface area contributed by atoms with Crippen LogP contribution in [0.2, 0.25) is 0 Å². The predicted molar refractivity (Wildman–Crippen MR) is 76.0 cm³/mol. The lowest BCUT2D eigenvalue weighted by atomic mass is 10.0. The molecule has 0 atom stereocenters. The number of hydrogen-bond donors (Lipinski definition) is 3. The molecular weight excluding hydrogens is 316 g/mol. The van der Waals surface area contributed by atoms with Crippen molar-refractivity contribution in [2.45, 2.75) is 0 Å². The van der Waals surface area contributed by atoms with Crippen LogP contribution in [0, 0.1) is 5.41 Å². The van der Waals surface area contributed by atoms with Gasteiger partial charge in [0.05, 0.1) is 10.6 Å². The van der Waals surface area contributed by atoms with E-state index in [1.807, 2.05) is 18.2 Å². The minimum absolute atomic E-state index is 0.188. The highest BCUT2D eigenvalue weighted by atomic mass is 79.9. The number of amidine groups is 1. The second kappa shape index (κ2) is 3.89. The van der Waals surface area contributed by atoms with Crippen LogP contribution >= 0.6 is 27.3 Å². The summed E-state index contributed by atoms with van der Waals surface area (Å²) >= 11 is 4.39. The van der Waals surface area contributed by atoms with Gasteiger partial charge in [-0.1, -0.05) is 27.3 Å². The maximum absolute atomic E-state index is 11.3. The molecule has 0 bridgehead atoms. The summed E-state index contributed by atoms with van der Waals surface area (Å²) in [6, 6.07) is 5.55. The van der Waals surface area contributed by atoms with E-state index in [2.05, 4.69) is 25.9 Å². The van der Waals surface area contributed by atoms with Crippen molar-refractivity contribution < 1.29 is 0 Å². The quantitative estimate of drug-likeness (QED) is 0.748. The van der Waals surface area contributed by atoms with Crippen LogP contribution in [0.25, 0.3) is 0 Å². The van der Waals surface area contributed by atoms with Gasteiger partial charge in [-0.2, -0.15) is 0 Å². The first-order valence-electron chi connectivity index (χ1n) is 5.03. The Kier molecular flexibility index (Phi) is 2.46. The number of rotatable bonds is 1. The third-order valence-corrected chi connectivity index (χ3v) is 4.00. The van der Waals surface area contributed by atoms with Gasteiger partial charge in [-0.25, -0.2) is 4.99 Å². The van der Waals surface area contributed by atoms with Gasteiger partial charge in [0, 0.05) is 15.6 Å². The van der Waals surface area contributed by atoms with Crippen LogP contribution in [0.1, 0.15) is 16.0 Å². The molecule has 0 spiro atoms. The number of H-pyrrole nitrogens is 1. The Morgan fingerprint density at radius 3 is 2.83 bits per heavy atom. The third-order valence-electron chi connectivity index (χ3n) is 2.61. The zero-order valence-electron chi connectivity index (χ0n) is 8.95. The first kappa shape index (κ1) is 11.4. The fourth-order valence-corrected chi connectivity index (χ4v) is 2.96. The normalized spacial score (nSPS) is 13.6. The van der Waals surface area contributed by atoms with Gasteiger partial charge in [-0.3, -0.25) is 15.2 Å². The summed E-state index contributed by atoms with van der Waals surface area (Å²) in [4.78, 5) is 18.4. The monoisotopic (exact) mass is 322 g/mol. The summed E-state index contributed by atoms with van der Waals surface area (Å²) in [5.74, 6) is 0.483. The van der Waals surface area contributed by atoms with Gasteiger partial charge in [0.25, 0.3) is 0 Å². The van der Waals surface area contributed by atoms with Gasteiger partial charge in [-0.05, 0) is 18.2 Å². The van der Waals surface area contributed by atoms with Crippen LogP contribution in [0.15, 0.2) is 32.5 Å². The number of nitrogens with two attached hydrogens (primary N) is 1. The lowest BCUT2D eigenvalue weighted by Crippen LogP contribution is -2.02. The summed E-state index contributed by atoms with van der Waals surface area (Å²) in [6.45, 7) is 0. The lowest BCUT2D eigenvalue weighted by molar-refractivity contribution is 1.35. The number of nitrogens with one attached hydrogen (secondary N) is 2. The Morgan fingerprint density at radius 2 is 2.17 bits per heavy atom. The van der Waals surface area contributed by atoms with Crippen LogP contribution in [0.4, 0.5) is 5.82 Å². The Hall–Kier alpha value is -1.73. The average Bonchev–Trinajstić information content (AvgIpc) is 2.79. The molecule has 1 aliphatic rings. The largest absolute Gasteiger partial charge is 0.384 e. The molecule has 0 unspecified atom stereocenters. The summed E-state index contributed by atoms with van der Waals surface area (Å²) < 4.78 is 0.894. The molecule has 2 aromatic rings. The SMILES string of the molecule is N=C1N=C(c2sc(=O)[nH]c2N)c2cc(Br)ccc21. The molecule has 2 heterocycles. The molecule has 0 aliphatic carbocycles. The number of thiazole rings is 1. The number of benzene rings is 1. The van der Waals surface area contributed by atoms with Gasteiger partial charge < -0.3 is 5.73 Å². The van der Waals surface area contributed by atoms with Crippen LogP contribution in [-0.4, -0.2) is 16.5 Å². The predicted octanol–water partition coefficient (Wildman–Crippen LogP) is 1.96. The number of halogens is 1. The molecule has 4 N–H and O–H groups in total. The van der Waals surface area contributed by atoms with Crippen molar-refractivity contribution in [3.8, 4) is 0 Å². The summed E-state index contributed by atoms with van der Waals surface area (Å²) in [7, 11) is 0. The zero-order valence-corrected chi connectivity index (χ0v) is 11.4. The summed E-state index contributed by atoms with van der Waals surface area (Å²) in [5, 5.41) is 7.83. The Balaban J connectivity index is 2.25. The minimum atomic E-state index is -0.222. The molecule has 18 heavy (non-hydrogen) atoms. The molecule has 1 aromatic heterocycles. The lowest BCUT2D eigenvalue weighted by Gasteiger charge is -2.02. The van der Waals surface area contributed by atoms with E-state index in [4.69, 9.17) is 11.1 Å². The number of aromatic nitrogens is 1. The zero-order chi connectivity index (χ0) is 12.9. The van der Waals surface area contributed by atoms with E-state index in [-0.39, 0.29) is 10.7 Å². The van der Waals surface area contributed by atoms with Crippen LogP contribution in [0.5, 0.6) is 0 Å². The van der Waals surface area contributed by atoms with Crippen LogP contribution < -0.4 is 10.6 Å². The Labute approximate surface area is 114 Å². The number of fused-ring (bicyclic) bond motifs is 1. The van der Waals surface area contributed by atoms with Gasteiger partial charge in [0.2, 0.25) is 0 Å². The van der Waals surface area contributed by atoms with E-state index in [0.717, 1.165) is 26.9 Å². The highest BCUT2D eigenvalue weighted by Gasteiger charge is 2.25. The molecule has 1 aliphatic heterocycles. The fraction of sp³-hybridized carbons (Fsp3) is 0. The first-order valence-corrected chi connectivity index (χ1v) is 6.63. The van der Waals surface area contributed by atoms with Crippen molar-refractivity contribution in [2.24, 2.45) is 4.99 Å². The van der Waals surface area contributed by atoms with Crippen molar-refractivity contribution in [3.05, 3.63) is 48.3 Å². The second-order valence-corrected chi connectivity index (χ2v) is 5.66. The van der Waals surface area contributed by atoms with Crippen molar-refractivity contribution in [1.29, 1.82) is 5.41 Å². The highest BCUT2D eigenvalue weighted by molar-refractivity contribution is 9.10. The average molecular weight is 323 g/mol. The summed E-state index contributed by atoms with van der Waals surface area (Å²) in [6.07, 6.45) is 0. The molecule has 90 valence electrons. The topological polar surface area (TPSA) is 95.1 Å². The molecule has 0 saturated carbocycles. The van der Waals surface area contributed by atoms with Crippen LogP contribution in [-0.2, 0) is 0 Å². The highest BCUT2D eigenvalue weighted by Crippen LogP contribution is 2.28. The molecule has 1 aromatic carbocycles. The molecule has 5 nitrogen and oxygen atoms in total. The smallest absolute Gasteiger partial charge is 0.306 e. The van der Waals surface area contributed by atoms with Crippen molar-refractivity contribution in [3.63, 3.8) is 0 Å². The van der Waals surface area contributed by atoms with Crippen molar-refractivity contribution in [2.75, 3.05) is 5.73 Å². The second-order valence-electron chi connectivity index (χ2n) is 3.76. The van der Waals surface area contributed by atoms with Gasteiger partial charge in [0.1, 0.15) is 5.82 Å². The van der Waals surface area contributed by atoms with Crippen LogP contribution in [0.3, 0.4) is 0 Å². The maximum atomic E-state index is 11.3. The standard InChI is InChI=1S/C11H7BrN4OS/c12-4-1-2-5-6(3-4)7(15-9(5)13)8-10(14)16-11(17)18-8/h1-3,13H,14H2,(H,16,17). The molecular formula is C11H7BrN4OS. The molecule has 0 amide bonds. The maximum Gasteiger partial charge on any atom is 0.306 e. The van der Waals surface area contributed by atoms with E-state index in [0.29, 0.717) is 16.4 Å².